The molecule has 5 rings (SSSR count). The number of carbonyl (C=O) groups excluding carboxylic acids is 2. The summed E-state index contributed by atoms with van der Waals surface area (Å²) in [4.78, 5) is 38.0. The molecule has 2 fully saturated rings. The summed E-state index contributed by atoms with van der Waals surface area (Å²) in [5.74, 6) is 1.50. The highest BCUT2D eigenvalue weighted by Gasteiger charge is 2.30. The first kappa shape index (κ1) is 22.4. The lowest BCUT2D eigenvalue weighted by Gasteiger charge is -2.37. The molecule has 1 aliphatic carbocycles. The van der Waals surface area contributed by atoms with Gasteiger partial charge in [-0.05, 0) is 50.5 Å². The molecule has 0 bridgehead atoms. The molecule has 1 atom stereocenters. The molecule has 0 unspecified atom stereocenters. The van der Waals surface area contributed by atoms with Gasteiger partial charge >= 0.3 is 12.1 Å². The number of nitrogens with zero attached hydrogens (tertiary/aromatic N) is 4. The van der Waals surface area contributed by atoms with Crippen molar-refractivity contribution in [1.29, 1.82) is 0 Å². The Kier molecular flexibility index (Phi) is 6.23. The summed E-state index contributed by atoms with van der Waals surface area (Å²) in [7, 11) is 1.39. The zero-order valence-corrected chi connectivity index (χ0v) is 19.5. The van der Waals surface area contributed by atoms with Gasteiger partial charge in [-0.15, -0.1) is 0 Å². The number of benzene rings is 1. The molecule has 0 spiro atoms. The number of amides is 3. The predicted octanol–water partition coefficient (Wildman–Crippen LogP) is 2.78. The Morgan fingerprint density at radius 3 is 2.65 bits per heavy atom. The number of urea groups is 1. The average Bonchev–Trinajstić information content (AvgIpc) is 3.67. The first-order chi connectivity index (χ1) is 16.5. The molecule has 2 aliphatic heterocycles. The van der Waals surface area contributed by atoms with Gasteiger partial charge in [0.2, 0.25) is 0 Å². The van der Waals surface area contributed by atoms with Crippen molar-refractivity contribution < 1.29 is 19.1 Å². The number of ether oxygens (including phenoxy) is 2. The van der Waals surface area contributed by atoms with Gasteiger partial charge in [0.05, 0.1) is 38.6 Å². The fourth-order valence-electron chi connectivity index (χ4n) is 4.39. The van der Waals surface area contributed by atoms with E-state index in [0.717, 1.165) is 42.0 Å². The van der Waals surface area contributed by atoms with Crippen molar-refractivity contribution in [3.63, 3.8) is 0 Å². The van der Waals surface area contributed by atoms with E-state index in [-0.39, 0.29) is 18.2 Å². The van der Waals surface area contributed by atoms with Crippen molar-refractivity contribution in [3.05, 3.63) is 35.5 Å². The molecule has 34 heavy (non-hydrogen) atoms. The van der Waals surface area contributed by atoms with Gasteiger partial charge in [0.25, 0.3) is 0 Å². The van der Waals surface area contributed by atoms with Gasteiger partial charge in [-0.1, -0.05) is 0 Å². The Hall–Kier alpha value is -3.40. The minimum atomic E-state index is -0.355. The SMILES string of the molecule is COC(=O)N1CCc2c(nc(-c3ccc(NC(=O)NC4CC4)cc3)nc2N2CCOC[C@@H]2C)C1. The van der Waals surface area contributed by atoms with Crippen molar-refractivity contribution in [3.8, 4) is 11.4 Å². The van der Waals surface area contributed by atoms with Crippen molar-refractivity contribution in [2.75, 3.05) is 43.6 Å². The highest BCUT2D eigenvalue weighted by atomic mass is 16.5. The van der Waals surface area contributed by atoms with Gasteiger partial charge in [-0.25, -0.2) is 19.6 Å². The fourth-order valence-corrected chi connectivity index (χ4v) is 4.39. The molecule has 2 N–H and O–H groups in total. The van der Waals surface area contributed by atoms with E-state index < -0.39 is 0 Å². The summed E-state index contributed by atoms with van der Waals surface area (Å²) in [5, 5.41) is 5.78. The summed E-state index contributed by atoms with van der Waals surface area (Å²) >= 11 is 0. The van der Waals surface area contributed by atoms with E-state index in [1.807, 2.05) is 24.3 Å². The zero-order chi connectivity index (χ0) is 23.7. The molecular weight excluding hydrogens is 436 g/mol. The Morgan fingerprint density at radius 1 is 1.15 bits per heavy atom. The monoisotopic (exact) mass is 466 g/mol. The highest BCUT2D eigenvalue weighted by molar-refractivity contribution is 5.89. The predicted molar refractivity (Wildman–Crippen MR) is 127 cm³/mol. The number of morpholine rings is 1. The van der Waals surface area contributed by atoms with Crippen molar-refractivity contribution in [2.24, 2.45) is 0 Å². The largest absolute Gasteiger partial charge is 0.453 e. The number of nitrogens with one attached hydrogen (secondary N) is 2. The number of methoxy groups -OCH3 is 1. The third-order valence-electron chi connectivity index (χ3n) is 6.43. The minimum Gasteiger partial charge on any atom is -0.453 e. The van der Waals surface area contributed by atoms with Gasteiger partial charge in [0.1, 0.15) is 5.82 Å². The van der Waals surface area contributed by atoms with E-state index in [0.29, 0.717) is 50.3 Å². The standard InChI is InChI=1S/C24H30N6O4/c1-15-14-34-12-11-30(15)22-19-9-10-29(24(32)33-2)13-20(19)27-21(28-22)16-3-5-17(6-4-16)25-23(31)26-18-7-8-18/h3-6,15,18H,7-14H2,1-2H3,(H2,25,26,31)/t15-/m0/s1. The lowest BCUT2D eigenvalue weighted by atomic mass is 10.0. The maximum atomic E-state index is 12.2. The number of aromatic nitrogens is 2. The van der Waals surface area contributed by atoms with Gasteiger partial charge in [0, 0.05) is 35.9 Å². The van der Waals surface area contributed by atoms with Crippen LogP contribution >= 0.6 is 0 Å². The average molecular weight is 467 g/mol. The van der Waals surface area contributed by atoms with Crippen LogP contribution in [-0.2, 0) is 22.4 Å². The maximum absolute atomic E-state index is 12.2. The lowest BCUT2D eigenvalue weighted by Crippen LogP contribution is -2.45. The van der Waals surface area contributed by atoms with Crippen LogP contribution in [0.4, 0.5) is 21.1 Å². The van der Waals surface area contributed by atoms with E-state index >= 15 is 0 Å². The molecule has 180 valence electrons. The van der Waals surface area contributed by atoms with E-state index in [1.54, 1.807) is 4.90 Å². The summed E-state index contributed by atoms with van der Waals surface area (Å²) in [6, 6.07) is 7.81. The minimum absolute atomic E-state index is 0.188. The Balaban J connectivity index is 1.45. The molecule has 1 saturated carbocycles. The van der Waals surface area contributed by atoms with Gasteiger partial charge < -0.3 is 29.9 Å². The molecule has 10 nitrogen and oxygen atoms in total. The van der Waals surface area contributed by atoms with Crippen LogP contribution in [0.1, 0.15) is 31.0 Å². The summed E-state index contributed by atoms with van der Waals surface area (Å²) < 4.78 is 10.6. The first-order valence-corrected chi connectivity index (χ1v) is 11.8. The molecule has 1 aromatic carbocycles. The van der Waals surface area contributed by atoms with Crippen LogP contribution < -0.4 is 15.5 Å². The van der Waals surface area contributed by atoms with E-state index in [9.17, 15) is 9.59 Å². The molecule has 2 aromatic rings. The summed E-state index contributed by atoms with van der Waals surface area (Å²) in [5.41, 5.74) is 3.46. The molecule has 3 amide bonds. The third-order valence-corrected chi connectivity index (χ3v) is 6.43. The van der Waals surface area contributed by atoms with Crippen molar-refractivity contribution in [2.45, 2.75) is 44.8 Å². The van der Waals surface area contributed by atoms with Crippen LogP contribution in [0.3, 0.4) is 0 Å². The van der Waals surface area contributed by atoms with E-state index in [4.69, 9.17) is 19.4 Å². The van der Waals surface area contributed by atoms with E-state index in [2.05, 4.69) is 22.5 Å². The number of carbonyl (C=O) groups is 2. The number of anilines is 2. The molecule has 3 heterocycles. The molecule has 1 saturated heterocycles. The highest BCUT2D eigenvalue weighted by Crippen LogP contribution is 2.32. The van der Waals surface area contributed by atoms with Crippen LogP contribution in [0, 0.1) is 0 Å². The van der Waals surface area contributed by atoms with Gasteiger partial charge in [-0.3, -0.25) is 0 Å². The maximum Gasteiger partial charge on any atom is 0.409 e. The second kappa shape index (κ2) is 9.46. The van der Waals surface area contributed by atoms with Crippen LogP contribution in [0.5, 0.6) is 0 Å². The first-order valence-electron chi connectivity index (χ1n) is 11.8. The Bertz CT molecular complexity index is 1070. The normalized spacial score (nSPS) is 19.9. The molecule has 10 heteroatoms. The third kappa shape index (κ3) is 4.77. The number of rotatable bonds is 4. The van der Waals surface area contributed by atoms with Crippen LogP contribution in [0.25, 0.3) is 11.4 Å². The van der Waals surface area contributed by atoms with Crippen molar-refractivity contribution >= 4 is 23.6 Å². The fraction of sp³-hybridized carbons (Fsp3) is 0.500. The molecule has 1 aromatic heterocycles. The quantitative estimate of drug-likeness (QED) is 0.713. The Morgan fingerprint density at radius 2 is 1.94 bits per heavy atom. The second-order valence-corrected chi connectivity index (χ2v) is 9.01. The van der Waals surface area contributed by atoms with E-state index in [1.165, 1.54) is 7.11 Å². The number of fused-ring (bicyclic) bond motifs is 1. The molecule has 0 radical (unpaired) electrons. The molecule has 3 aliphatic rings. The smallest absolute Gasteiger partial charge is 0.409 e. The van der Waals surface area contributed by atoms with Crippen molar-refractivity contribution in [1.82, 2.24) is 20.2 Å². The topological polar surface area (TPSA) is 109 Å². The summed E-state index contributed by atoms with van der Waals surface area (Å²) in [6.07, 6.45) is 2.40. The van der Waals surface area contributed by atoms with Crippen LogP contribution in [-0.4, -0.2) is 72.5 Å². The van der Waals surface area contributed by atoms with Crippen LogP contribution in [0.2, 0.25) is 0 Å². The van der Waals surface area contributed by atoms with Crippen LogP contribution in [0.15, 0.2) is 24.3 Å². The Labute approximate surface area is 198 Å². The van der Waals surface area contributed by atoms with Gasteiger partial charge in [0.15, 0.2) is 5.82 Å². The lowest BCUT2D eigenvalue weighted by molar-refractivity contribution is 0.0982. The summed E-state index contributed by atoms with van der Waals surface area (Å²) in [6.45, 7) is 5.12. The second-order valence-electron chi connectivity index (χ2n) is 9.01. The molecular formula is C24H30N6O4. The zero-order valence-electron chi connectivity index (χ0n) is 19.5. The number of hydrogen-bond donors (Lipinski definition) is 2. The number of hydrogen-bond acceptors (Lipinski definition) is 7. The van der Waals surface area contributed by atoms with Gasteiger partial charge in [-0.2, -0.15) is 0 Å².